The van der Waals surface area contributed by atoms with Gasteiger partial charge in [0.05, 0.1) is 31.6 Å². The van der Waals surface area contributed by atoms with E-state index >= 15 is 0 Å². The number of carbonyl (C=O) groups excluding carboxylic acids is 2. The number of halogens is 2. The third-order valence-electron chi connectivity index (χ3n) is 7.47. The number of amides is 2. The quantitative estimate of drug-likeness (QED) is 0.256. The van der Waals surface area contributed by atoms with Crippen molar-refractivity contribution >= 4 is 34.1 Å². The fourth-order valence-electron chi connectivity index (χ4n) is 5.12. The average Bonchev–Trinajstić information content (AvgIpc) is 3.53. The predicted molar refractivity (Wildman–Crippen MR) is 150 cm³/mol. The van der Waals surface area contributed by atoms with Crippen molar-refractivity contribution in [3.8, 4) is 23.0 Å². The predicted octanol–water partition coefficient (Wildman–Crippen LogP) is 6.48. The Bertz CT molecular complexity index is 1670. The largest absolute Gasteiger partial charge is 0.493 e. The van der Waals surface area contributed by atoms with E-state index in [1.807, 2.05) is 20.8 Å². The van der Waals surface area contributed by atoms with Gasteiger partial charge < -0.3 is 24.8 Å². The molecule has 0 saturated heterocycles. The lowest BCUT2D eigenvalue weighted by atomic mass is 10.1. The third kappa shape index (κ3) is 5.37. The zero-order valence-corrected chi connectivity index (χ0v) is 23.2. The summed E-state index contributed by atoms with van der Waals surface area (Å²) in [7, 11) is 3.11. The van der Waals surface area contributed by atoms with Gasteiger partial charge in [-0.15, -0.1) is 0 Å². The number of pyridine rings is 1. The van der Waals surface area contributed by atoms with Crippen LogP contribution in [0.3, 0.4) is 0 Å². The van der Waals surface area contributed by atoms with E-state index in [-0.39, 0.29) is 11.6 Å². The van der Waals surface area contributed by atoms with Gasteiger partial charge in [-0.05, 0) is 60.4 Å². The number of aromatic nitrogens is 1. The number of benzene rings is 3. The van der Waals surface area contributed by atoms with Crippen molar-refractivity contribution in [2.75, 3.05) is 24.9 Å². The first-order valence-corrected chi connectivity index (χ1v) is 12.9. The molecule has 41 heavy (non-hydrogen) atoms. The number of nitrogens with one attached hydrogen (secondary N) is 2. The Hall–Kier alpha value is -4.73. The molecule has 1 fully saturated rings. The maximum absolute atomic E-state index is 13.6. The van der Waals surface area contributed by atoms with Gasteiger partial charge in [0.25, 0.3) is 0 Å². The highest BCUT2D eigenvalue weighted by molar-refractivity contribution is 6.05. The van der Waals surface area contributed by atoms with Crippen LogP contribution in [0.5, 0.6) is 23.0 Å². The summed E-state index contributed by atoms with van der Waals surface area (Å²) in [6.45, 7) is 5.48. The smallest absolute Gasteiger partial charge is 0.228 e. The number of carbonyl (C=O) groups is 2. The Balaban J connectivity index is 1.28. The Labute approximate surface area is 235 Å². The van der Waals surface area contributed by atoms with Crippen LogP contribution in [0.4, 0.5) is 20.2 Å². The molecule has 2 N–H and O–H groups in total. The number of methoxy groups -OCH3 is 2. The van der Waals surface area contributed by atoms with Crippen LogP contribution in [0.1, 0.15) is 19.4 Å². The number of anilines is 2. The molecule has 0 aliphatic heterocycles. The number of hydrogen-bond donors (Lipinski definition) is 2. The van der Waals surface area contributed by atoms with Gasteiger partial charge in [0.1, 0.15) is 11.5 Å². The van der Waals surface area contributed by atoms with Crippen molar-refractivity contribution in [3.05, 3.63) is 78.0 Å². The lowest BCUT2D eigenvalue weighted by Gasteiger charge is -2.14. The molecule has 5 rings (SSSR count). The topological polar surface area (TPSA) is 98.8 Å². The highest BCUT2D eigenvalue weighted by Gasteiger charge is 2.65. The van der Waals surface area contributed by atoms with Gasteiger partial charge in [-0.25, -0.2) is 8.78 Å². The van der Waals surface area contributed by atoms with Crippen LogP contribution in [0, 0.1) is 35.8 Å². The first-order chi connectivity index (χ1) is 19.5. The minimum absolute atomic E-state index is 0.127. The SMILES string of the molecule is COc1cc2nccc(Oc3ccc(NC(=O)[C@@H]4[C@H](C(=O)Nc5ccc(F)c(F)c5)C4(C)C)c(C)c3)c2cc1OC. The van der Waals surface area contributed by atoms with Crippen molar-refractivity contribution < 1.29 is 32.6 Å². The molecule has 1 saturated carbocycles. The highest BCUT2D eigenvalue weighted by atomic mass is 19.2. The fourth-order valence-corrected chi connectivity index (χ4v) is 5.12. The molecule has 2 amide bonds. The van der Waals surface area contributed by atoms with Gasteiger partial charge in [0.2, 0.25) is 11.8 Å². The number of hydrogen-bond acceptors (Lipinski definition) is 6. The van der Waals surface area contributed by atoms with Crippen molar-refractivity contribution in [2.45, 2.75) is 20.8 Å². The van der Waals surface area contributed by atoms with Gasteiger partial charge in [0, 0.05) is 35.1 Å². The van der Waals surface area contributed by atoms with Crippen molar-refractivity contribution in [1.82, 2.24) is 4.98 Å². The van der Waals surface area contributed by atoms with Crippen LogP contribution in [0.2, 0.25) is 0 Å². The molecule has 212 valence electrons. The molecular weight excluding hydrogens is 532 g/mol. The average molecular weight is 562 g/mol. The molecule has 1 aliphatic rings. The monoisotopic (exact) mass is 561 g/mol. The summed E-state index contributed by atoms with van der Waals surface area (Å²) < 4.78 is 43.7. The second-order valence-electron chi connectivity index (χ2n) is 10.5. The lowest BCUT2D eigenvalue weighted by Crippen LogP contribution is -2.21. The van der Waals surface area contributed by atoms with Crippen LogP contribution < -0.4 is 24.8 Å². The van der Waals surface area contributed by atoms with E-state index in [1.54, 1.807) is 56.8 Å². The summed E-state index contributed by atoms with van der Waals surface area (Å²) in [5.74, 6) is -1.80. The number of nitrogens with zero attached hydrogens (tertiary/aromatic N) is 1. The zero-order chi connectivity index (χ0) is 29.5. The highest BCUT2D eigenvalue weighted by Crippen LogP contribution is 2.59. The van der Waals surface area contributed by atoms with E-state index in [1.165, 1.54) is 6.07 Å². The molecule has 0 radical (unpaired) electrons. The molecule has 1 aliphatic carbocycles. The van der Waals surface area contributed by atoms with Crippen LogP contribution >= 0.6 is 0 Å². The third-order valence-corrected chi connectivity index (χ3v) is 7.47. The molecule has 1 aromatic heterocycles. The molecule has 0 unspecified atom stereocenters. The minimum Gasteiger partial charge on any atom is -0.493 e. The van der Waals surface area contributed by atoms with Crippen molar-refractivity contribution in [3.63, 3.8) is 0 Å². The number of aryl methyl sites for hydroxylation is 1. The second-order valence-corrected chi connectivity index (χ2v) is 10.5. The Kier molecular flexibility index (Phi) is 7.25. The molecule has 4 aromatic rings. The molecular formula is C31H29F2N3O5. The van der Waals surface area contributed by atoms with Crippen LogP contribution in [0.25, 0.3) is 10.9 Å². The van der Waals surface area contributed by atoms with Gasteiger partial charge in [0.15, 0.2) is 23.1 Å². The van der Waals surface area contributed by atoms with E-state index in [4.69, 9.17) is 14.2 Å². The molecule has 3 aromatic carbocycles. The number of fused-ring (bicyclic) bond motifs is 1. The zero-order valence-electron chi connectivity index (χ0n) is 23.2. The first-order valence-electron chi connectivity index (χ1n) is 12.9. The van der Waals surface area contributed by atoms with Crippen LogP contribution in [-0.2, 0) is 9.59 Å². The van der Waals surface area contributed by atoms with Gasteiger partial charge in [-0.3, -0.25) is 14.6 Å². The summed E-state index contributed by atoms with van der Waals surface area (Å²) in [5, 5.41) is 6.24. The molecule has 0 spiro atoms. The molecule has 0 bridgehead atoms. The minimum atomic E-state index is -1.06. The van der Waals surface area contributed by atoms with E-state index in [0.29, 0.717) is 34.2 Å². The summed E-state index contributed by atoms with van der Waals surface area (Å²) in [6, 6.07) is 13.7. The maximum atomic E-state index is 13.6. The fraction of sp³-hybridized carbons (Fsp3) is 0.258. The first kappa shape index (κ1) is 27.8. The van der Waals surface area contributed by atoms with Crippen molar-refractivity contribution in [1.29, 1.82) is 0 Å². The summed E-state index contributed by atoms with van der Waals surface area (Å²) in [4.78, 5) is 30.4. The van der Waals surface area contributed by atoms with E-state index in [2.05, 4.69) is 15.6 Å². The molecule has 8 nitrogen and oxygen atoms in total. The standard InChI is InChI=1S/C31H29F2N3O5/c1-16-12-18(41-24-10-11-34-23-15-26(40-5)25(39-4)14-19(23)24)7-9-22(16)36-30(38)28-27(31(28,2)3)29(37)35-17-6-8-20(32)21(33)13-17/h6-15,27-28H,1-5H3,(H,35,37)(H,36,38)/t27-,28+/m1/s1. The molecule has 10 heteroatoms. The lowest BCUT2D eigenvalue weighted by molar-refractivity contribution is -0.122. The molecule has 1 heterocycles. The maximum Gasteiger partial charge on any atom is 0.228 e. The van der Waals surface area contributed by atoms with Gasteiger partial charge in [-0.2, -0.15) is 0 Å². The van der Waals surface area contributed by atoms with E-state index < -0.39 is 34.8 Å². The van der Waals surface area contributed by atoms with E-state index in [9.17, 15) is 18.4 Å². The Morgan fingerprint density at radius 3 is 2.17 bits per heavy atom. The summed E-state index contributed by atoms with van der Waals surface area (Å²) in [6.07, 6.45) is 1.64. The van der Waals surface area contributed by atoms with Crippen molar-refractivity contribution in [2.24, 2.45) is 17.3 Å². The summed E-state index contributed by atoms with van der Waals surface area (Å²) >= 11 is 0. The van der Waals surface area contributed by atoms with Gasteiger partial charge >= 0.3 is 0 Å². The van der Waals surface area contributed by atoms with E-state index in [0.717, 1.165) is 23.1 Å². The second kappa shape index (κ2) is 10.7. The van der Waals surface area contributed by atoms with Gasteiger partial charge in [-0.1, -0.05) is 13.8 Å². The number of rotatable bonds is 8. The molecule has 2 atom stereocenters. The number of ether oxygens (including phenoxy) is 3. The van der Waals surface area contributed by atoms with Crippen LogP contribution in [-0.4, -0.2) is 31.0 Å². The Morgan fingerprint density at radius 2 is 1.51 bits per heavy atom. The van der Waals surface area contributed by atoms with Crippen LogP contribution in [0.15, 0.2) is 60.8 Å². The summed E-state index contributed by atoms with van der Waals surface area (Å²) in [5.41, 5.74) is 1.53. The normalized spacial score (nSPS) is 17.0. The Morgan fingerprint density at radius 1 is 0.829 bits per heavy atom.